The van der Waals surface area contributed by atoms with E-state index in [4.69, 9.17) is 0 Å². The number of likely N-dealkylation sites (N-methyl/N-ethyl adjacent to an activating group) is 1. The molecule has 2 unspecified atom stereocenters. The number of carbonyl (C=O) groups is 3. The highest BCUT2D eigenvalue weighted by atomic mass is 35.5. The molecule has 7 nitrogen and oxygen atoms in total. The molecule has 1 N–H and O–H groups in total. The van der Waals surface area contributed by atoms with Crippen molar-refractivity contribution in [3.8, 4) is 0 Å². The predicted molar refractivity (Wildman–Crippen MR) is 158 cm³/mol. The van der Waals surface area contributed by atoms with Crippen LogP contribution >= 0.6 is 12.4 Å². The zero-order valence-corrected chi connectivity index (χ0v) is 25.4. The number of carbonyl (C=O) groups excluding carboxylic acids is 3. The topological polar surface area (TPSA) is 73.0 Å². The van der Waals surface area contributed by atoms with Crippen LogP contribution in [0.4, 0.5) is 13.6 Å². The molecule has 3 atom stereocenters. The summed E-state index contributed by atoms with van der Waals surface area (Å²) in [7, 11) is 1.64. The lowest BCUT2D eigenvalue weighted by Gasteiger charge is -2.49. The first-order valence-corrected chi connectivity index (χ1v) is 15.8. The summed E-state index contributed by atoms with van der Waals surface area (Å²) in [6.07, 6.45) is 9.42. The van der Waals surface area contributed by atoms with Crippen molar-refractivity contribution in [2.24, 2.45) is 5.92 Å². The number of piperidine rings is 1. The van der Waals surface area contributed by atoms with Gasteiger partial charge in [0.1, 0.15) is 5.54 Å². The maximum absolute atomic E-state index is 13.7. The van der Waals surface area contributed by atoms with E-state index in [1.165, 1.54) is 11.3 Å². The summed E-state index contributed by atoms with van der Waals surface area (Å²) in [5.41, 5.74) is 0.288. The Morgan fingerprint density at radius 3 is 2.17 bits per heavy atom. The molecule has 3 heterocycles. The van der Waals surface area contributed by atoms with E-state index in [2.05, 4.69) is 10.2 Å². The quantitative estimate of drug-likeness (QED) is 0.382. The van der Waals surface area contributed by atoms with Crippen LogP contribution in [-0.2, 0) is 9.59 Å². The number of hydrogen-bond acceptors (Lipinski definition) is 4. The van der Waals surface area contributed by atoms with Crippen LogP contribution in [0.3, 0.4) is 0 Å². The molecule has 3 saturated heterocycles. The molecular formula is C32H45ClF2N4O3. The first-order valence-electron chi connectivity index (χ1n) is 15.8. The Kier molecular flexibility index (Phi) is 9.19. The zero-order valence-electron chi connectivity index (χ0n) is 24.6. The van der Waals surface area contributed by atoms with Crippen molar-refractivity contribution in [1.29, 1.82) is 0 Å². The minimum Gasteiger partial charge on any atom is -0.349 e. The van der Waals surface area contributed by atoms with E-state index in [9.17, 15) is 23.2 Å². The smallest absolute Gasteiger partial charge is 0.327 e. The molecule has 42 heavy (non-hydrogen) atoms. The number of benzene rings is 1. The molecule has 3 aliphatic heterocycles. The van der Waals surface area contributed by atoms with Gasteiger partial charge in [-0.1, -0.05) is 49.6 Å². The number of hydrogen-bond donors (Lipinski definition) is 1. The number of fused-ring (bicyclic) bond motifs is 2. The second-order valence-corrected chi connectivity index (χ2v) is 13.3. The number of nitrogens with one attached hydrogen (secondary N) is 1. The van der Waals surface area contributed by atoms with Gasteiger partial charge in [0.25, 0.3) is 5.91 Å². The molecule has 232 valence electrons. The summed E-state index contributed by atoms with van der Waals surface area (Å²) in [4.78, 5) is 46.1. The summed E-state index contributed by atoms with van der Waals surface area (Å²) >= 11 is 0. The van der Waals surface area contributed by atoms with Gasteiger partial charge >= 0.3 is 6.03 Å². The van der Waals surface area contributed by atoms with Gasteiger partial charge in [-0.2, -0.15) is 0 Å². The summed E-state index contributed by atoms with van der Waals surface area (Å²) in [6.45, 7) is 0.773. The van der Waals surface area contributed by atoms with Gasteiger partial charge in [-0.05, 0) is 63.4 Å². The molecule has 2 bridgehead atoms. The molecule has 1 aromatic carbocycles. The molecular weight excluding hydrogens is 562 g/mol. The van der Waals surface area contributed by atoms with Crippen LogP contribution in [0.25, 0.3) is 0 Å². The summed E-state index contributed by atoms with van der Waals surface area (Å²) in [5.74, 6) is -3.19. The molecule has 6 rings (SSSR count). The number of urea groups is 1. The van der Waals surface area contributed by atoms with E-state index in [0.717, 1.165) is 50.6 Å². The third-order valence-corrected chi connectivity index (χ3v) is 10.8. The van der Waals surface area contributed by atoms with E-state index in [1.54, 1.807) is 7.05 Å². The number of amides is 4. The molecule has 4 amide bonds. The average Bonchev–Trinajstić information content (AvgIpc) is 3.32. The predicted octanol–water partition coefficient (Wildman–Crippen LogP) is 6.07. The van der Waals surface area contributed by atoms with Crippen molar-refractivity contribution in [3.63, 3.8) is 0 Å². The highest BCUT2D eigenvalue weighted by molar-refractivity contribution is 6.07. The van der Waals surface area contributed by atoms with Gasteiger partial charge in [-0.25, -0.2) is 13.6 Å². The average molecular weight is 607 g/mol. The summed E-state index contributed by atoms with van der Waals surface area (Å²) < 4.78 is 27.4. The molecule has 1 spiro atoms. The minimum atomic E-state index is -2.66. The minimum absolute atomic E-state index is 0. The Morgan fingerprint density at radius 1 is 0.929 bits per heavy atom. The second-order valence-electron chi connectivity index (χ2n) is 13.3. The monoisotopic (exact) mass is 606 g/mol. The molecule has 2 aliphatic carbocycles. The van der Waals surface area contributed by atoms with Crippen LogP contribution in [0.1, 0.15) is 101 Å². The SMILES string of the molecule is CN1C(=O)N(C2CCCCC2)C2(CC3CCC(C2)N3CC[C@H](NC(=O)C2CCC(F)(F)CC2)c2ccccc2)C1=O.Cl. The van der Waals surface area contributed by atoms with Gasteiger partial charge in [0.15, 0.2) is 0 Å². The van der Waals surface area contributed by atoms with Gasteiger partial charge < -0.3 is 10.2 Å². The third kappa shape index (κ3) is 5.80. The molecule has 10 heteroatoms. The Morgan fingerprint density at radius 2 is 1.55 bits per heavy atom. The number of imide groups is 1. The fourth-order valence-electron chi connectivity index (χ4n) is 8.62. The van der Waals surface area contributed by atoms with E-state index in [0.29, 0.717) is 19.3 Å². The van der Waals surface area contributed by atoms with Crippen molar-refractivity contribution in [1.82, 2.24) is 20.0 Å². The number of rotatable bonds is 7. The molecule has 5 fully saturated rings. The lowest BCUT2D eigenvalue weighted by Crippen LogP contribution is -2.62. The van der Waals surface area contributed by atoms with Gasteiger partial charge in [0.2, 0.25) is 11.8 Å². The Balaban J connectivity index is 0.00000353. The van der Waals surface area contributed by atoms with Crippen molar-refractivity contribution in [2.45, 2.75) is 126 Å². The standard InChI is InChI=1S/C32H44F2N4O3.ClH/c1-36-29(40)31(38(30(36)41)24-10-6-3-7-11-24)20-25-12-13-26(21-31)37(25)19-16-27(22-8-4-2-5-9-22)35-28(39)23-14-17-32(33,34)18-15-23;/h2,4-5,8-9,23-27H,3,6-7,10-21H2,1H3,(H,35,39);1H/t25?,26?,27-,31?;/m0./s1. The number of alkyl halides is 2. The van der Waals surface area contributed by atoms with Crippen LogP contribution in [0.15, 0.2) is 30.3 Å². The maximum Gasteiger partial charge on any atom is 0.327 e. The van der Waals surface area contributed by atoms with Crippen molar-refractivity contribution >= 4 is 30.3 Å². The fraction of sp³-hybridized carbons (Fsp3) is 0.719. The molecule has 5 aliphatic rings. The first kappa shape index (κ1) is 31.2. The highest BCUT2D eigenvalue weighted by Gasteiger charge is 2.63. The Labute approximate surface area is 254 Å². The van der Waals surface area contributed by atoms with Crippen molar-refractivity contribution in [3.05, 3.63) is 35.9 Å². The van der Waals surface area contributed by atoms with Crippen LogP contribution in [0.5, 0.6) is 0 Å². The van der Waals surface area contributed by atoms with Gasteiger partial charge in [0, 0.05) is 50.5 Å². The molecule has 1 aromatic rings. The second kappa shape index (κ2) is 12.4. The Bertz CT molecular complexity index is 1120. The fourth-order valence-corrected chi connectivity index (χ4v) is 8.62. The molecule has 2 saturated carbocycles. The van der Waals surface area contributed by atoms with E-state index < -0.39 is 11.5 Å². The van der Waals surface area contributed by atoms with Gasteiger partial charge in [-0.15, -0.1) is 12.4 Å². The highest BCUT2D eigenvalue weighted by Crippen LogP contribution is 2.49. The summed E-state index contributed by atoms with van der Waals surface area (Å²) in [6, 6.07) is 10.2. The van der Waals surface area contributed by atoms with E-state index in [-0.39, 0.29) is 86.0 Å². The third-order valence-electron chi connectivity index (χ3n) is 10.8. The lowest BCUT2D eigenvalue weighted by molar-refractivity contribution is -0.138. The van der Waals surface area contributed by atoms with Crippen molar-refractivity contribution < 1.29 is 23.2 Å². The molecule has 0 radical (unpaired) electrons. The van der Waals surface area contributed by atoms with Crippen LogP contribution in [0, 0.1) is 5.92 Å². The molecule has 0 aromatic heterocycles. The Hall–Kier alpha value is -2.26. The maximum atomic E-state index is 13.7. The van der Waals surface area contributed by atoms with Crippen LogP contribution in [0.2, 0.25) is 0 Å². The largest absolute Gasteiger partial charge is 0.349 e. The van der Waals surface area contributed by atoms with Crippen molar-refractivity contribution in [2.75, 3.05) is 13.6 Å². The number of nitrogens with zero attached hydrogens (tertiary/aromatic N) is 3. The first-order chi connectivity index (χ1) is 19.7. The summed E-state index contributed by atoms with van der Waals surface area (Å²) in [5, 5.41) is 3.21. The van der Waals surface area contributed by atoms with Crippen LogP contribution in [-0.4, -0.2) is 75.7 Å². The van der Waals surface area contributed by atoms with Gasteiger partial charge in [0.05, 0.1) is 6.04 Å². The van der Waals surface area contributed by atoms with Crippen LogP contribution < -0.4 is 5.32 Å². The van der Waals surface area contributed by atoms with E-state index >= 15 is 0 Å². The van der Waals surface area contributed by atoms with Gasteiger partial charge in [-0.3, -0.25) is 19.4 Å². The lowest BCUT2D eigenvalue weighted by atomic mass is 9.79. The number of halogens is 3. The van der Waals surface area contributed by atoms with E-state index in [1.807, 2.05) is 35.2 Å². The zero-order chi connectivity index (χ0) is 28.8. The normalized spacial score (nSPS) is 30.9.